The molecule has 6 heteroatoms. The monoisotopic (exact) mass is 348 g/mol. The topological polar surface area (TPSA) is 73.2 Å². The predicted octanol–water partition coefficient (Wildman–Crippen LogP) is 1.01. The molecule has 6 nitrogen and oxygen atoms in total. The van der Waals surface area contributed by atoms with Crippen LogP contribution in [0.2, 0.25) is 0 Å². The summed E-state index contributed by atoms with van der Waals surface area (Å²) in [5, 5.41) is 20.5. The highest BCUT2D eigenvalue weighted by Crippen LogP contribution is 2.24. The Bertz CT molecular complexity index is 589. The fourth-order valence-electron chi connectivity index (χ4n) is 3.71. The zero-order chi connectivity index (χ0) is 17.7. The van der Waals surface area contributed by atoms with Crippen LogP contribution in [-0.2, 0) is 16.0 Å². The van der Waals surface area contributed by atoms with Gasteiger partial charge in [-0.1, -0.05) is 12.1 Å². The van der Waals surface area contributed by atoms with Crippen LogP contribution in [0.15, 0.2) is 24.3 Å². The number of hydrogen-bond acceptors (Lipinski definition) is 5. The number of morpholine rings is 1. The van der Waals surface area contributed by atoms with Crippen molar-refractivity contribution in [1.29, 1.82) is 0 Å². The molecule has 1 aromatic carbocycles. The molecule has 2 fully saturated rings. The third kappa shape index (κ3) is 5.17. The second kappa shape index (κ2) is 8.17. The van der Waals surface area contributed by atoms with E-state index in [1.54, 1.807) is 18.2 Å². The molecule has 1 amide bonds. The number of rotatable bonds is 4. The maximum absolute atomic E-state index is 12.6. The first kappa shape index (κ1) is 18.2. The predicted molar refractivity (Wildman–Crippen MR) is 94.5 cm³/mol. The lowest BCUT2D eigenvalue weighted by atomic mass is 9.94. The third-order valence-corrected chi connectivity index (χ3v) is 5.16. The van der Waals surface area contributed by atoms with Gasteiger partial charge in [-0.2, -0.15) is 0 Å². The van der Waals surface area contributed by atoms with Gasteiger partial charge in [-0.15, -0.1) is 0 Å². The highest BCUT2D eigenvalue weighted by molar-refractivity contribution is 5.78. The number of β-amino-alcohol motifs (C(OH)–C–C–N with tert-alkyl or cyclic N) is 1. The maximum Gasteiger partial charge on any atom is 0.226 e. The van der Waals surface area contributed by atoms with Crippen LogP contribution in [0.1, 0.15) is 24.8 Å². The van der Waals surface area contributed by atoms with E-state index in [4.69, 9.17) is 4.74 Å². The molecule has 138 valence electrons. The summed E-state index contributed by atoms with van der Waals surface area (Å²) in [5.74, 6) is 0.238. The van der Waals surface area contributed by atoms with Crippen molar-refractivity contribution in [3.63, 3.8) is 0 Å². The minimum absolute atomic E-state index is 0.0567. The highest BCUT2D eigenvalue weighted by Gasteiger charge is 2.33. The number of likely N-dealkylation sites (tertiary alicyclic amines) is 1. The Hall–Kier alpha value is -1.63. The van der Waals surface area contributed by atoms with Gasteiger partial charge in [0, 0.05) is 32.7 Å². The second-order valence-electron chi connectivity index (χ2n) is 7.19. The first-order chi connectivity index (χ1) is 12.0. The van der Waals surface area contributed by atoms with Crippen molar-refractivity contribution in [2.45, 2.75) is 31.3 Å². The standard InChI is InChI=1S/C19H28N2O4/c22-17-4-1-3-16(13-17)14-18(23)21-7-2-5-19(24,6-8-21)15-20-9-11-25-12-10-20/h1,3-4,13,22,24H,2,5-12,14-15H2/t19-/m0/s1. The zero-order valence-electron chi connectivity index (χ0n) is 14.7. The molecule has 3 rings (SSSR count). The van der Waals surface area contributed by atoms with Crippen molar-refractivity contribution < 1.29 is 19.7 Å². The molecule has 0 saturated carbocycles. The number of hydrogen-bond donors (Lipinski definition) is 2. The van der Waals surface area contributed by atoms with Crippen molar-refractivity contribution >= 4 is 5.91 Å². The average Bonchev–Trinajstić information content (AvgIpc) is 2.78. The molecule has 25 heavy (non-hydrogen) atoms. The number of carbonyl (C=O) groups is 1. The summed E-state index contributed by atoms with van der Waals surface area (Å²) in [6.07, 6.45) is 2.43. The average molecular weight is 348 g/mol. The number of amides is 1. The highest BCUT2D eigenvalue weighted by atomic mass is 16.5. The Labute approximate surface area is 149 Å². The van der Waals surface area contributed by atoms with Gasteiger partial charge in [0.2, 0.25) is 5.91 Å². The number of carbonyl (C=O) groups excluding carboxylic acids is 1. The summed E-state index contributed by atoms with van der Waals surface area (Å²) in [4.78, 5) is 16.7. The van der Waals surface area contributed by atoms with Gasteiger partial charge < -0.3 is 19.8 Å². The normalized spacial score (nSPS) is 25.6. The molecule has 0 spiro atoms. The minimum atomic E-state index is -0.725. The van der Waals surface area contributed by atoms with Gasteiger partial charge in [0.1, 0.15) is 5.75 Å². The summed E-state index contributed by atoms with van der Waals surface area (Å²) in [5.41, 5.74) is 0.0926. The van der Waals surface area contributed by atoms with Gasteiger partial charge >= 0.3 is 0 Å². The lowest BCUT2D eigenvalue weighted by molar-refractivity contribution is -0.130. The molecule has 2 saturated heterocycles. The van der Waals surface area contributed by atoms with Crippen LogP contribution < -0.4 is 0 Å². The van der Waals surface area contributed by atoms with Gasteiger partial charge in [0.15, 0.2) is 0 Å². The van der Waals surface area contributed by atoms with E-state index in [2.05, 4.69) is 4.90 Å². The van der Waals surface area contributed by atoms with Gasteiger partial charge in [-0.05, 0) is 37.0 Å². The van der Waals surface area contributed by atoms with Crippen molar-refractivity contribution in [3.05, 3.63) is 29.8 Å². The molecule has 2 heterocycles. The van der Waals surface area contributed by atoms with E-state index in [1.165, 1.54) is 0 Å². The molecule has 0 aliphatic carbocycles. The van der Waals surface area contributed by atoms with Crippen LogP contribution in [0.5, 0.6) is 5.75 Å². The van der Waals surface area contributed by atoms with E-state index in [9.17, 15) is 15.0 Å². The van der Waals surface area contributed by atoms with E-state index >= 15 is 0 Å². The summed E-state index contributed by atoms with van der Waals surface area (Å²) in [6.45, 7) is 5.10. The number of benzene rings is 1. The van der Waals surface area contributed by atoms with Gasteiger partial charge in [-0.25, -0.2) is 0 Å². The Kier molecular flexibility index (Phi) is 5.93. The van der Waals surface area contributed by atoms with Gasteiger partial charge in [0.25, 0.3) is 0 Å². The van der Waals surface area contributed by atoms with Crippen molar-refractivity contribution in [3.8, 4) is 5.75 Å². The van der Waals surface area contributed by atoms with E-state index < -0.39 is 5.60 Å². The first-order valence-corrected chi connectivity index (χ1v) is 9.12. The number of ether oxygens (including phenoxy) is 1. The van der Waals surface area contributed by atoms with Crippen LogP contribution in [0, 0.1) is 0 Å². The fourth-order valence-corrected chi connectivity index (χ4v) is 3.71. The van der Waals surface area contributed by atoms with E-state index in [-0.39, 0.29) is 18.1 Å². The fraction of sp³-hybridized carbons (Fsp3) is 0.632. The number of phenols is 1. The van der Waals surface area contributed by atoms with Crippen molar-refractivity contribution in [2.24, 2.45) is 0 Å². The Morgan fingerprint density at radius 1 is 1.16 bits per heavy atom. The second-order valence-corrected chi connectivity index (χ2v) is 7.19. The molecule has 2 aliphatic rings. The Morgan fingerprint density at radius 3 is 2.72 bits per heavy atom. The van der Waals surface area contributed by atoms with Crippen LogP contribution in [0.3, 0.4) is 0 Å². The first-order valence-electron chi connectivity index (χ1n) is 9.12. The number of aromatic hydroxyl groups is 1. The Morgan fingerprint density at radius 2 is 1.96 bits per heavy atom. The molecule has 1 aromatic rings. The van der Waals surface area contributed by atoms with E-state index in [0.29, 0.717) is 26.1 Å². The maximum atomic E-state index is 12.6. The minimum Gasteiger partial charge on any atom is -0.508 e. The molecular formula is C19H28N2O4. The summed E-state index contributed by atoms with van der Waals surface area (Å²) in [6, 6.07) is 6.84. The number of phenolic OH excluding ortho intramolecular Hbond substituents is 1. The summed E-state index contributed by atoms with van der Waals surface area (Å²) in [7, 11) is 0. The van der Waals surface area contributed by atoms with Crippen molar-refractivity contribution in [1.82, 2.24) is 9.80 Å². The van der Waals surface area contributed by atoms with Crippen LogP contribution >= 0.6 is 0 Å². The van der Waals surface area contributed by atoms with Crippen LogP contribution in [0.25, 0.3) is 0 Å². The molecular weight excluding hydrogens is 320 g/mol. The Balaban J connectivity index is 1.54. The number of aliphatic hydroxyl groups is 1. The van der Waals surface area contributed by atoms with Crippen molar-refractivity contribution in [2.75, 3.05) is 45.9 Å². The molecule has 2 aliphatic heterocycles. The smallest absolute Gasteiger partial charge is 0.226 e. The molecule has 1 atom stereocenters. The summed E-state index contributed by atoms with van der Waals surface area (Å²) < 4.78 is 5.37. The third-order valence-electron chi connectivity index (χ3n) is 5.16. The van der Waals surface area contributed by atoms with Gasteiger partial charge in [0.05, 0.1) is 25.2 Å². The lowest BCUT2D eigenvalue weighted by Gasteiger charge is -2.35. The molecule has 0 bridgehead atoms. The largest absolute Gasteiger partial charge is 0.508 e. The zero-order valence-corrected chi connectivity index (χ0v) is 14.7. The molecule has 0 radical (unpaired) electrons. The molecule has 0 unspecified atom stereocenters. The SMILES string of the molecule is O=C(Cc1cccc(O)c1)N1CCC[C@@](O)(CN2CCOCC2)CC1. The van der Waals surface area contributed by atoms with E-state index in [1.807, 2.05) is 11.0 Å². The van der Waals surface area contributed by atoms with Crippen LogP contribution in [0.4, 0.5) is 0 Å². The molecule has 0 aromatic heterocycles. The number of nitrogens with zero attached hydrogens (tertiary/aromatic N) is 2. The molecule has 2 N–H and O–H groups in total. The van der Waals surface area contributed by atoms with E-state index in [0.717, 1.165) is 44.7 Å². The van der Waals surface area contributed by atoms with Crippen LogP contribution in [-0.4, -0.2) is 77.5 Å². The van der Waals surface area contributed by atoms with Gasteiger partial charge in [-0.3, -0.25) is 9.69 Å². The lowest BCUT2D eigenvalue weighted by Crippen LogP contribution is -2.48. The quantitative estimate of drug-likeness (QED) is 0.850. The summed E-state index contributed by atoms with van der Waals surface area (Å²) >= 11 is 0.